The molecule has 0 aliphatic rings. The van der Waals surface area contributed by atoms with Crippen LogP contribution in [-0.4, -0.2) is 47.6 Å². The Labute approximate surface area is 129 Å². The first-order valence-electron chi connectivity index (χ1n) is 6.16. The van der Waals surface area contributed by atoms with Gasteiger partial charge in [-0.05, 0) is 31.4 Å². The lowest BCUT2D eigenvalue weighted by atomic mass is 10.1. The highest BCUT2D eigenvalue weighted by molar-refractivity contribution is 7.98. The van der Waals surface area contributed by atoms with Crippen molar-refractivity contribution in [1.29, 1.82) is 0 Å². The summed E-state index contributed by atoms with van der Waals surface area (Å²) in [6.45, 7) is 1.79. The number of nitrogens with zero attached hydrogens (tertiary/aromatic N) is 1. The smallest absolute Gasteiger partial charge is 0.253 e. The quantitative estimate of drug-likeness (QED) is 0.869. The van der Waals surface area contributed by atoms with Gasteiger partial charge in [-0.3, -0.25) is 4.79 Å². The van der Waals surface area contributed by atoms with Crippen LogP contribution in [0.2, 0.25) is 5.02 Å². The van der Waals surface area contributed by atoms with Crippen LogP contribution in [0, 0.1) is 11.8 Å². The number of halogens is 1. The van der Waals surface area contributed by atoms with Crippen LogP contribution in [0.4, 0.5) is 0 Å². The molecule has 0 spiro atoms. The number of thioether (sulfide) groups is 1. The zero-order valence-corrected chi connectivity index (χ0v) is 13.4. The van der Waals surface area contributed by atoms with Crippen molar-refractivity contribution >= 4 is 29.3 Å². The maximum absolute atomic E-state index is 12.3. The highest BCUT2D eigenvalue weighted by atomic mass is 35.5. The molecule has 5 heteroatoms. The third-order valence-corrected chi connectivity index (χ3v) is 4.04. The zero-order chi connectivity index (χ0) is 15.1. The molecule has 0 saturated carbocycles. The van der Waals surface area contributed by atoms with Gasteiger partial charge in [-0.1, -0.05) is 23.4 Å². The van der Waals surface area contributed by atoms with E-state index >= 15 is 0 Å². The number of rotatable bonds is 4. The van der Waals surface area contributed by atoms with Gasteiger partial charge in [0.2, 0.25) is 0 Å². The fourth-order valence-electron chi connectivity index (χ4n) is 1.64. The summed E-state index contributed by atoms with van der Waals surface area (Å²) in [7, 11) is 1.79. The predicted octanol–water partition coefficient (Wildman–Crippen LogP) is 2.51. The average molecular weight is 312 g/mol. The molecule has 0 radical (unpaired) electrons. The van der Waals surface area contributed by atoms with E-state index in [1.807, 2.05) is 13.2 Å². The molecule has 1 N–H and O–H groups in total. The Kier molecular flexibility index (Phi) is 6.94. The number of carbonyl (C=O) groups excluding carboxylic acids is 1. The predicted molar refractivity (Wildman–Crippen MR) is 85.4 cm³/mol. The first kappa shape index (κ1) is 16.9. The van der Waals surface area contributed by atoms with Crippen LogP contribution in [0.15, 0.2) is 18.2 Å². The molecule has 0 aliphatic heterocycles. The Morgan fingerprint density at radius 1 is 1.55 bits per heavy atom. The molecule has 3 nitrogen and oxygen atoms in total. The Morgan fingerprint density at radius 2 is 2.25 bits per heavy atom. The standard InChI is InChI=1S/C15H18ClNO2S/c1-11(10-20-3)17(2)15(19)13-7-6-12(5-4-8-18)14(16)9-13/h6-7,9,11,18H,8,10H2,1-3H3. The summed E-state index contributed by atoms with van der Waals surface area (Å²) in [6, 6.07) is 5.18. The van der Waals surface area contributed by atoms with Crippen LogP contribution in [0.1, 0.15) is 22.8 Å². The topological polar surface area (TPSA) is 40.5 Å². The van der Waals surface area contributed by atoms with E-state index in [0.717, 1.165) is 5.75 Å². The van der Waals surface area contributed by atoms with Crippen molar-refractivity contribution < 1.29 is 9.90 Å². The lowest BCUT2D eigenvalue weighted by molar-refractivity contribution is 0.0757. The Morgan fingerprint density at radius 3 is 2.80 bits per heavy atom. The van der Waals surface area contributed by atoms with E-state index in [2.05, 4.69) is 11.8 Å². The third kappa shape index (κ3) is 4.45. The molecule has 0 aromatic heterocycles. The molecule has 20 heavy (non-hydrogen) atoms. The van der Waals surface area contributed by atoms with E-state index in [1.54, 1.807) is 41.9 Å². The van der Waals surface area contributed by atoms with Crippen LogP contribution in [0.3, 0.4) is 0 Å². The van der Waals surface area contributed by atoms with Crippen molar-refractivity contribution in [2.75, 3.05) is 25.7 Å². The van der Waals surface area contributed by atoms with Crippen molar-refractivity contribution in [2.45, 2.75) is 13.0 Å². The van der Waals surface area contributed by atoms with E-state index in [9.17, 15) is 4.79 Å². The van der Waals surface area contributed by atoms with Crippen LogP contribution >= 0.6 is 23.4 Å². The van der Waals surface area contributed by atoms with Crippen molar-refractivity contribution in [2.24, 2.45) is 0 Å². The molecule has 1 amide bonds. The van der Waals surface area contributed by atoms with Crippen molar-refractivity contribution in [1.82, 2.24) is 4.90 Å². The normalized spacial score (nSPS) is 11.4. The summed E-state index contributed by atoms with van der Waals surface area (Å²) in [5, 5.41) is 9.09. The second kappa shape index (κ2) is 8.21. The van der Waals surface area contributed by atoms with Crippen LogP contribution in [0.25, 0.3) is 0 Å². The number of aliphatic hydroxyl groups is 1. The van der Waals surface area contributed by atoms with Crippen molar-refractivity contribution in [3.63, 3.8) is 0 Å². The van der Waals surface area contributed by atoms with E-state index < -0.39 is 0 Å². The molecular formula is C15H18ClNO2S. The molecule has 1 aromatic carbocycles. The Hall–Kier alpha value is -1.15. The first-order chi connectivity index (χ1) is 9.51. The number of carbonyl (C=O) groups is 1. The van der Waals surface area contributed by atoms with Gasteiger partial charge in [0.15, 0.2) is 0 Å². The largest absolute Gasteiger partial charge is 0.384 e. The lowest BCUT2D eigenvalue weighted by Gasteiger charge is -2.24. The van der Waals surface area contributed by atoms with Gasteiger partial charge < -0.3 is 10.0 Å². The lowest BCUT2D eigenvalue weighted by Crippen LogP contribution is -2.36. The number of benzene rings is 1. The molecule has 108 valence electrons. The SMILES string of the molecule is CSCC(C)N(C)C(=O)c1ccc(C#CCO)c(Cl)c1. The van der Waals surface area contributed by atoms with E-state index in [-0.39, 0.29) is 18.6 Å². The summed E-state index contributed by atoms with van der Waals surface area (Å²) < 4.78 is 0. The van der Waals surface area contributed by atoms with Gasteiger partial charge in [-0.15, -0.1) is 0 Å². The minimum absolute atomic E-state index is 0.0601. The first-order valence-corrected chi connectivity index (χ1v) is 7.93. The molecule has 1 aromatic rings. The van der Waals surface area contributed by atoms with Gasteiger partial charge in [-0.25, -0.2) is 0 Å². The molecular weight excluding hydrogens is 294 g/mol. The summed E-state index contributed by atoms with van der Waals surface area (Å²) in [6.07, 6.45) is 2.01. The van der Waals surface area contributed by atoms with Gasteiger partial charge in [0.25, 0.3) is 5.91 Å². The molecule has 0 bridgehead atoms. The van der Waals surface area contributed by atoms with E-state index in [4.69, 9.17) is 16.7 Å². The molecule has 1 unspecified atom stereocenters. The summed E-state index contributed by atoms with van der Waals surface area (Å²) in [4.78, 5) is 14.0. The number of aliphatic hydroxyl groups excluding tert-OH is 1. The second-order valence-electron chi connectivity index (χ2n) is 4.37. The van der Waals surface area contributed by atoms with Crippen LogP contribution in [0.5, 0.6) is 0 Å². The maximum Gasteiger partial charge on any atom is 0.253 e. The minimum Gasteiger partial charge on any atom is -0.384 e. The molecule has 0 fully saturated rings. The van der Waals surface area contributed by atoms with Crippen molar-refractivity contribution in [3.05, 3.63) is 34.3 Å². The van der Waals surface area contributed by atoms with E-state index in [1.165, 1.54) is 0 Å². The van der Waals surface area contributed by atoms with Gasteiger partial charge in [0, 0.05) is 30.0 Å². The molecule has 1 rings (SSSR count). The van der Waals surface area contributed by atoms with Crippen molar-refractivity contribution in [3.8, 4) is 11.8 Å². The second-order valence-corrected chi connectivity index (χ2v) is 5.69. The van der Waals surface area contributed by atoms with Crippen LogP contribution < -0.4 is 0 Å². The molecule has 1 atom stereocenters. The van der Waals surface area contributed by atoms with E-state index in [0.29, 0.717) is 16.1 Å². The van der Waals surface area contributed by atoms with Gasteiger partial charge >= 0.3 is 0 Å². The Bertz CT molecular complexity index is 536. The van der Waals surface area contributed by atoms with Crippen LogP contribution in [-0.2, 0) is 0 Å². The fraction of sp³-hybridized carbons (Fsp3) is 0.400. The summed E-state index contributed by atoms with van der Waals surface area (Å²) in [5.74, 6) is 6.10. The van der Waals surface area contributed by atoms with Gasteiger partial charge in [-0.2, -0.15) is 11.8 Å². The highest BCUT2D eigenvalue weighted by Gasteiger charge is 2.17. The minimum atomic E-state index is -0.216. The van der Waals surface area contributed by atoms with Gasteiger partial charge in [0.1, 0.15) is 6.61 Å². The Balaban J connectivity index is 2.92. The molecule has 0 heterocycles. The van der Waals surface area contributed by atoms with Gasteiger partial charge in [0.05, 0.1) is 5.02 Å². The zero-order valence-electron chi connectivity index (χ0n) is 11.8. The average Bonchev–Trinajstić information content (AvgIpc) is 2.44. The summed E-state index contributed by atoms with van der Waals surface area (Å²) >= 11 is 7.80. The number of hydrogen-bond acceptors (Lipinski definition) is 3. The number of hydrogen-bond donors (Lipinski definition) is 1. The fourth-order valence-corrected chi connectivity index (χ4v) is 2.57. The summed E-state index contributed by atoms with van der Waals surface area (Å²) in [5.41, 5.74) is 1.15. The highest BCUT2D eigenvalue weighted by Crippen LogP contribution is 2.19. The monoisotopic (exact) mass is 311 g/mol. The number of amides is 1. The molecule has 0 saturated heterocycles. The maximum atomic E-state index is 12.3. The molecule has 0 aliphatic carbocycles. The third-order valence-electron chi connectivity index (χ3n) is 2.91.